The third kappa shape index (κ3) is 2.25. The van der Waals surface area contributed by atoms with Crippen molar-refractivity contribution in [1.29, 1.82) is 0 Å². The zero-order chi connectivity index (χ0) is 13.2. The van der Waals surface area contributed by atoms with Crippen LogP contribution in [0.25, 0.3) is 0 Å². The van der Waals surface area contributed by atoms with E-state index in [0.717, 1.165) is 37.6 Å². The lowest BCUT2D eigenvalue weighted by Gasteiger charge is -2.38. The van der Waals surface area contributed by atoms with Crippen LogP contribution in [0.2, 0.25) is 0 Å². The highest BCUT2D eigenvalue weighted by Crippen LogP contribution is 2.43. The molecule has 1 aromatic rings. The Balaban J connectivity index is 2.06. The van der Waals surface area contributed by atoms with Crippen LogP contribution in [0.1, 0.15) is 19.4 Å². The summed E-state index contributed by atoms with van der Waals surface area (Å²) >= 11 is 0. The van der Waals surface area contributed by atoms with Crippen molar-refractivity contribution < 1.29 is 9.47 Å². The monoisotopic (exact) mass is 262 g/mol. The molecule has 2 aliphatic heterocycles. The van der Waals surface area contributed by atoms with Crippen molar-refractivity contribution in [2.45, 2.75) is 26.3 Å². The molecule has 4 nitrogen and oxygen atoms in total. The second kappa shape index (κ2) is 5.29. The summed E-state index contributed by atoms with van der Waals surface area (Å²) in [6.07, 6.45) is 1.02. The number of ether oxygens (including phenoxy) is 2. The van der Waals surface area contributed by atoms with Gasteiger partial charge in [0.05, 0.1) is 5.69 Å². The molecule has 2 heterocycles. The predicted octanol–water partition coefficient (Wildman–Crippen LogP) is 1.82. The maximum atomic E-state index is 5.91. The molecule has 104 valence electrons. The van der Waals surface area contributed by atoms with Gasteiger partial charge in [0, 0.05) is 25.7 Å². The summed E-state index contributed by atoms with van der Waals surface area (Å²) in [4.78, 5) is 2.46. The number of nitrogens with zero attached hydrogens (tertiary/aromatic N) is 1. The molecule has 1 saturated heterocycles. The predicted molar refractivity (Wildman–Crippen MR) is 76.5 cm³/mol. The van der Waals surface area contributed by atoms with Gasteiger partial charge in [-0.2, -0.15) is 0 Å². The summed E-state index contributed by atoms with van der Waals surface area (Å²) in [5.41, 5.74) is 2.59. The van der Waals surface area contributed by atoms with Crippen molar-refractivity contribution in [3.8, 4) is 11.5 Å². The van der Waals surface area contributed by atoms with Gasteiger partial charge in [-0.25, -0.2) is 0 Å². The minimum Gasteiger partial charge on any atom is -0.486 e. The van der Waals surface area contributed by atoms with E-state index in [4.69, 9.17) is 9.47 Å². The zero-order valence-corrected chi connectivity index (χ0v) is 11.7. The van der Waals surface area contributed by atoms with Gasteiger partial charge in [-0.15, -0.1) is 0 Å². The molecule has 1 unspecified atom stereocenters. The Morgan fingerprint density at radius 1 is 1.32 bits per heavy atom. The largest absolute Gasteiger partial charge is 0.486 e. The Hall–Kier alpha value is -1.42. The molecule has 1 fully saturated rings. The molecule has 1 atom stereocenters. The van der Waals surface area contributed by atoms with Gasteiger partial charge in [0.15, 0.2) is 11.5 Å². The molecule has 0 aliphatic carbocycles. The number of anilines is 1. The van der Waals surface area contributed by atoms with Gasteiger partial charge in [0.25, 0.3) is 0 Å². The van der Waals surface area contributed by atoms with Crippen LogP contribution in [0.3, 0.4) is 0 Å². The number of hydrogen-bond donors (Lipinski definition) is 1. The molecule has 0 aromatic heterocycles. The summed E-state index contributed by atoms with van der Waals surface area (Å²) in [7, 11) is 0. The van der Waals surface area contributed by atoms with E-state index < -0.39 is 0 Å². The van der Waals surface area contributed by atoms with E-state index in [1.54, 1.807) is 0 Å². The molecule has 19 heavy (non-hydrogen) atoms. The fourth-order valence-corrected chi connectivity index (χ4v) is 2.92. The fourth-order valence-electron chi connectivity index (χ4n) is 2.92. The second-order valence-electron chi connectivity index (χ2n) is 5.20. The number of rotatable bonds is 2. The maximum Gasteiger partial charge on any atom is 0.184 e. The molecule has 0 spiro atoms. The first-order chi connectivity index (χ1) is 9.31. The number of nitrogens with one attached hydrogen (secondary N) is 1. The van der Waals surface area contributed by atoms with E-state index in [1.807, 2.05) is 6.07 Å². The van der Waals surface area contributed by atoms with Crippen LogP contribution >= 0.6 is 0 Å². The van der Waals surface area contributed by atoms with E-state index in [1.165, 1.54) is 11.3 Å². The highest BCUT2D eigenvalue weighted by atomic mass is 16.6. The van der Waals surface area contributed by atoms with Gasteiger partial charge in [0.1, 0.15) is 13.2 Å². The molecular weight excluding hydrogens is 240 g/mol. The normalized spacial score (nSPS) is 22.4. The number of hydrogen-bond acceptors (Lipinski definition) is 4. The van der Waals surface area contributed by atoms with Gasteiger partial charge in [-0.3, -0.25) is 0 Å². The Labute approximate surface area is 114 Å². The first-order valence-electron chi connectivity index (χ1n) is 7.20. The smallest absolute Gasteiger partial charge is 0.184 e. The van der Waals surface area contributed by atoms with Gasteiger partial charge in [0.2, 0.25) is 0 Å². The SMILES string of the molecule is CCc1ccc2c(c1N1CCNCC1C)OCCO2. The summed E-state index contributed by atoms with van der Waals surface area (Å²) < 4.78 is 11.6. The molecule has 0 saturated carbocycles. The van der Waals surface area contributed by atoms with Crippen molar-refractivity contribution >= 4 is 5.69 Å². The number of aryl methyl sites for hydroxylation is 1. The second-order valence-corrected chi connectivity index (χ2v) is 5.20. The molecule has 0 radical (unpaired) electrons. The van der Waals surface area contributed by atoms with Crippen molar-refractivity contribution in [1.82, 2.24) is 5.32 Å². The van der Waals surface area contributed by atoms with Crippen LogP contribution < -0.4 is 19.7 Å². The Morgan fingerprint density at radius 2 is 2.16 bits per heavy atom. The van der Waals surface area contributed by atoms with E-state index in [0.29, 0.717) is 19.3 Å². The number of piperazine rings is 1. The number of fused-ring (bicyclic) bond motifs is 1. The molecular formula is C15H22N2O2. The lowest BCUT2D eigenvalue weighted by Crippen LogP contribution is -2.50. The van der Waals surface area contributed by atoms with E-state index in [2.05, 4.69) is 30.1 Å². The summed E-state index contributed by atoms with van der Waals surface area (Å²) in [5.74, 6) is 1.84. The van der Waals surface area contributed by atoms with Crippen LogP contribution in [0.4, 0.5) is 5.69 Å². The van der Waals surface area contributed by atoms with Crippen molar-refractivity contribution in [2.24, 2.45) is 0 Å². The fraction of sp³-hybridized carbons (Fsp3) is 0.600. The highest BCUT2D eigenvalue weighted by Gasteiger charge is 2.27. The van der Waals surface area contributed by atoms with E-state index in [-0.39, 0.29) is 0 Å². The van der Waals surface area contributed by atoms with Crippen molar-refractivity contribution in [2.75, 3.05) is 37.7 Å². The average molecular weight is 262 g/mol. The van der Waals surface area contributed by atoms with E-state index >= 15 is 0 Å². The quantitative estimate of drug-likeness (QED) is 0.881. The summed E-state index contributed by atoms with van der Waals surface area (Å²) in [5, 5.41) is 3.44. The lowest BCUT2D eigenvalue weighted by atomic mass is 10.0. The van der Waals surface area contributed by atoms with E-state index in [9.17, 15) is 0 Å². The summed E-state index contributed by atoms with van der Waals surface area (Å²) in [6, 6.07) is 4.71. The molecule has 2 aliphatic rings. The Morgan fingerprint density at radius 3 is 2.95 bits per heavy atom. The minimum atomic E-state index is 0.482. The minimum absolute atomic E-state index is 0.482. The average Bonchev–Trinajstić information content (AvgIpc) is 2.47. The number of benzene rings is 1. The first kappa shape index (κ1) is 12.6. The van der Waals surface area contributed by atoms with Gasteiger partial charge < -0.3 is 19.7 Å². The van der Waals surface area contributed by atoms with Crippen LogP contribution in [-0.2, 0) is 6.42 Å². The third-order valence-electron chi connectivity index (χ3n) is 3.94. The van der Waals surface area contributed by atoms with Crippen molar-refractivity contribution in [3.63, 3.8) is 0 Å². The molecule has 4 heteroatoms. The molecule has 0 amide bonds. The van der Waals surface area contributed by atoms with Gasteiger partial charge in [-0.05, 0) is 25.0 Å². The topological polar surface area (TPSA) is 33.7 Å². The molecule has 1 N–H and O–H groups in total. The van der Waals surface area contributed by atoms with Crippen LogP contribution in [0, 0.1) is 0 Å². The van der Waals surface area contributed by atoms with Crippen LogP contribution in [0.5, 0.6) is 11.5 Å². The molecule has 1 aromatic carbocycles. The zero-order valence-electron chi connectivity index (χ0n) is 11.7. The maximum absolute atomic E-state index is 5.91. The van der Waals surface area contributed by atoms with Crippen LogP contribution in [-0.4, -0.2) is 38.9 Å². The summed E-state index contributed by atoms with van der Waals surface area (Å²) in [6.45, 7) is 8.82. The van der Waals surface area contributed by atoms with Crippen LogP contribution in [0.15, 0.2) is 12.1 Å². The Bertz CT molecular complexity index is 462. The van der Waals surface area contributed by atoms with Gasteiger partial charge in [-0.1, -0.05) is 13.0 Å². The van der Waals surface area contributed by atoms with Gasteiger partial charge >= 0.3 is 0 Å². The standard InChI is InChI=1S/C15H22N2O2/c1-3-12-4-5-13-15(19-9-8-18-13)14(12)17-7-6-16-10-11(17)2/h4-5,11,16H,3,6-10H2,1-2H3. The molecule has 3 rings (SSSR count). The lowest BCUT2D eigenvalue weighted by molar-refractivity contribution is 0.171. The first-order valence-corrected chi connectivity index (χ1v) is 7.20. The highest BCUT2D eigenvalue weighted by molar-refractivity contribution is 5.70. The molecule has 0 bridgehead atoms. The third-order valence-corrected chi connectivity index (χ3v) is 3.94. The Kier molecular flexibility index (Phi) is 3.51. The van der Waals surface area contributed by atoms with Crippen molar-refractivity contribution in [3.05, 3.63) is 17.7 Å².